The number of nitrogens with two attached hydrogens (primary N) is 1. The van der Waals surface area contributed by atoms with Gasteiger partial charge in [-0.2, -0.15) is 5.10 Å². The molecule has 0 fully saturated rings. The van der Waals surface area contributed by atoms with E-state index in [4.69, 9.17) is 10.5 Å². The number of benzene rings is 2. The molecule has 6 nitrogen and oxygen atoms in total. The first-order valence-corrected chi connectivity index (χ1v) is 7.59. The highest BCUT2D eigenvalue weighted by atomic mass is 16.5. The van der Waals surface area contributed by atoms with Crippen LogP contribution in [-0.4, -0.2) is 22.6 Å². The van der Waals surface area contributed by atoms with Gasteiger partial charge >= 0.3 is 0 Å². The van der Waals surface area contributed by atoms with E-state index in [1.807, 2.05) is 30.3 Å². The van der Waals surface area contributed by atoms with Gasteiger partial charge in [-0.3, -0.25) is 9.89 Å². The number of H-pyrrole nitrogens is 1. The second-order valence-electron chi connectivity index (χ2n) is 5.25. The lowest BCUT2D eigenvalue weighted by molar-refractivity contribution is -0.117. The summed E-state index contributed by atoms with van der Waals surface area (Å²) in [6.07, 6.45) is 3.24. The molecule has 0 aliphatic heterocycles. The van der Waals surface area contributed by atoms with E-state index in [1.54, 1.807) is 36.7 Å². The molecule has 122 valence electrons. The lowest BCUT2D eigenvalue weighted by Gasteiger charge is -2.15. The fourth-order valence-corrected chi connectivity index (χ4v) is 2.35. The highest BCUT2D eigenvalue weighted by Gasteiger charge is 2.18. The van der Waals surface area contributed by atoms with Crippen LogP contribution >= 0.6 is 0 Å². The smallest absolute Gasteiger partial charge is 0.233 e. The molecule has 3 aromatic rings. The van der Waals surface area contributed by atoms with Crippen molar-refractivity contribution in [2.45, 2.75) is 5.92 Å². The molecule has 0 saturated carbocycles. The molecule has 6 heteroatoms. The summed E-state index contributed by atoms with van der Waals surface area (Å²) in [4.78, 5) is 12.5. The maximum atomic E-state index is 12.5. The molecule has 0 aliphatic carbocycles. The summed E-state index contributed by atoms with van der Waals surface area (Å²) in [7, 11) is 0. The molecule has 3 rings (SSSR count). The fraction of sp³-hybridized carbons (Fsp3) is 0.111. The molecule has 1 amide bonds. The standard InChI is InChI=1S/C18H18N4O2/c19-10-17(13-4-2-1-3-5-13)18(23)22-14-6-8-15(9-7-14)24-16-11-20-21-12-16/h1-9,11-12,17H,10,19H2,(H,20,21)(H,22,23). The number of aromatic amines is 1. The van der Waals surface area contributed by atoms with E-state index in [2.05, 4.69) is 15.5 Å². The summed E-state index contributed by atoms with van der Waals surface area (Å²) in [6, 6.07) is 16.6. The minimum atomic E-state index is -0.381. The number of rotatable bonds is 6. The molecule has 0 radical (unpaired) electrons. The van der Waals surface area contributed by atoms with Crippen molar-refractivity contribution in [2.24, 2.45) is 5.73 Å². The molecule has 2 aromatic carbocycles. The third-order valence-electron chi connectivity index (χ3n) is 3.58. The monoisotopic (exact) mass is 322 g/mol. The molecule has 0 saturated heterocycles. The van der Waals surface area contributed by atoms with Gasteiger partial charge < -0.3 is 15.8 Å². The number of ether oxygens (including phenoxy) is 1. The number of nitrogens with zero attached hydrogens (tertiary/aromatic N) is 1. The third kappa shape index (κ3) is 3.80. The summed E-state index contributed by atoms with van der Waals surface area (Å²) in [5.41, 5.74) is 7.36. The lowest BCUT2D eigenvalue weighted by Crippen LogP contribution is -2.27. The van der Waals surface area contributed by atoms with Crippen LogP contribution in [0.25, 0.3) is 0 Å². The fourth-order valence-electron chi connectivity index (χ4n) is 2.35. The van der Waals surface area contributed by atoms with E-state index in [-0.39, 0.29) is 18.4 Å². The van der Waals surface area contributed by atoms with Crippen LogP contribution in [-0.2, 0) is 4.79 Å². The number of hydrogen-bond donors (Lipinski definition) is 3. The first-order valence-electron chi connectivity index (χ1n) is 7.59. The maximum Gasteiger partial charge on any atom is 0.233 e. The minimum Gasteiger partial charge on any atom is -0.454 e. The van der Waals surface area contributed by atoms with Crippen molar-refractivity contribution in [3.8, 4) is 11.5 Å². The molecule has 1 aromatic heterocycles. The molecule has 0 aliphatic rings. The Balaban J connectivity index is 1.65. The quantitative estimate of drug-likeness (QED) is 0.650. The number of hydrogen-bond acceptors (Lipinski definition) is 4. The number of amides is 1. The topological polar surface area (TPSA) is 93.0 Å². The molecule has 4 N–H and O–H groups in total. The Labute approximate surface area is 139 Å². The number of aromatic nitrogens is 2. The van der Waals surface area contributed by atoms with Crippen molar-refractivity contribution in [3.05, 3.63) is 72.6 Å². The van der Waals surface area contributed by atoms with Gasteiger partial charge in [0.25, 0.3) is 0 Å². The Kier molecular flexibility index (Phi) is 4.88. The van der Waals surface area contributed by atoms with E-state index < -0.39 is 0 Å². The first-order chi connectivity index (χ1) is 11.8. The lowest BCUT2D eigenvalue weighted by atomic mass is 9.98. The maximum absolute atomic E-state index is 12.5. The number of carbonyl (C=O) groups excluding carboxylic acids is 1. The molecule has 0 spiro atoms. The SMILES string of the molecule is NCC(C(=O)Nc1ccc(Oc2cn[nH]c2)cc1)c1ccccc1. The number of anilines is 1. The minimum absolute atomic E-state index is 0.132. The molecule has 1 unspecified atom stereocenters. The van der Waals surface area contributed by atoms with Gasteiger partial charge in [0.1, 0.15) is 5.75 Å². The van der Waals surface area contributed by atoms with Crippen molar-refractivity contribution in [3.63, 3.8) is 0 Å². The van der Waals surface area contributed by atoms with Crippen LogP contribution in [0, 0.1) is 0 Å². The highest BCUT2D eigenvalue weighted by molar-refractivity contribution is 5.96. The van der Waals surface area contributed by atoms with E-state index >= 15 is 0 Å². The van der Waals surface area contributed by atoms with Gasteiger partial charge in [0, 0.05) is 12.2 Å². The number of nitrogens with one attached hydrogen (secondary N) is 2. The molecule has 1 heterocycles. The van der Waals surface area contributed by atoms with E-state index in [9.17, 15) is 4.79 Å². The van der Waals surface area contributed by atoms with Crippen molar-refractivity contribution >= 4 is 11.6 Å². The van der Waals surface area contributed by atoms with Crippen LogP contribution < -0.4 is 15.8 Å². The zero-order valence-electron chi connectivity index (χ0n) is 13.0. The Bertz CT molecular complexity index is 771. The summed E-state index contributed by atoms with van der Waals surface area (Å²) in [5.74, 6) is 0.771. The van der Waals surface area contributed by atoms with Crippen LogP contribution in [0.5, 0.6) is 11.5 Å². The summed E-state index contributed by atoms with van der Waals surface area (Å²) in [6.45, 7) is 0.248. The average molecular weight is 322 g/mol. The normalized spacial score (nSPS) is 11.7. The molecule has 24 heavy (non-hydrogen) atoms. The van der Waals surface area contributed by atoms with Crippen molar-refractivity contribution in [1.82, 2.24) is 10.2 Å². The molecular formula is C18H18N4O2. The first kappa shape index (κ1) is 15.8. The van der Waals surface area contributed by atoms with Crippen molar-refractivity contribution in [1.29, 1.82) is 0 Å². The predicted octanol–water partition coefficient (Wildman–Crippen LogP) is 2.88. The van der Waals surface area contributed by atoms with Gasteiger partial charge in [0.2, 0.25) is 5.91 Å². The third-order valence-corrected chi connectivity index (χ3v) is 3.58. The van der Waals surface area contributed by atoms with Crippen LogP contribution in [0.4, 0.5) is 5.69 Å². The highest BCUT2D eigenvalue weighted by Crippen LogP contribution is 2.23. The summed E-state index contributed by atoms with van der Waals surface area (Å²) >= 11 is 0. The molecule has 1 atom stereocenters. The van der Waals surface area contributed by atoms with Crippen LogP contribution in [0.3, 0.4) is 0 Å². The van der Waals surface area contributed by atoms with Crippen LogP contribution in [0.1, 0.15) is 11.5 Å². The van der Waals surface area contributed by atoms with E-state index in [0.29, 0.717) is 17.2 Å². The van der Waals surface area contributed by atoms with Gasteiger partial charge in [-0.1, -0.05) is 30.3 Å². The van der Waals surface area contributed by atoms with E-state index in [1.165, 1.54) is 0 Å². The van der Waals surface area contributed by atoms with Gasteiger partial charge in [-0.15, -0.1) is 0 Å². The molecule has 0 bridgehead atoms. The van der Waals surface area contributed by atoms with Crippen molar-refractivity contribution in [2.75, 3.05) is 11.9 Å². The van der Waals surface area contributed by atoms with Gasteiger partial charge in [-0.25, -0.2) is 0 Å². The zero-order valence-corrected chi connectivity index (χ0v) is 13.0. The Morgan fingerprint density at radius 1 is 1.12 bits per heavy atom. The number of carbonyl (C=O) groups is 1. The average Bonchev–Trinajstić information content (AvgIpc) is 3.11. The largest absolute Gasteiger partial charge is 0.454 e. The van der Waals surface area contributed by atoms with Gasteiger partial charge in [0.15, 0.2) is 5.75 Å². The van der Waals surface area contributed by atoms with Gasteiger partial charge in [0.05, 0.1) is 18.3 Å². The van der Waals surface area contributed by atoms with Gasteiger partial charge in [-0.05, 0) is 29.8 Å². The summed E-state index contributed by atoms with van der Waals surface area (Å²) < 4.78 is 5.59. The van der Waals surface area contributed by atoms with Crippen LogP contribution in [0.15, 0.2) is 67.0 Å². The van der Waals surface area contributed by atoms with Crippen LogP contribution in [0.2, 0.25) is 0 Å². The molecular weight excluding hydrogens is 304 g/mol. The second-order valence-corrected chi connectivity index (χ2v) is 5.25. The summed E-state index contributed by atoms with van der Waals surface area (Å²) in [5, 5.41) is 9.38. The Morgan fingerprint density at radius 2 is 1.88 bits per heavy atom. The second kappa shape index (κ2) is 7.43. The van der Waals surface area contributed by atoms with E-state index in [0.717, 1.165) is 5.56 Å². The zero-order chi connectivity index (χ0) is 16.8. The Morgan fingerprint density at radius 3 is 2.50 bits per heavy atom. The Hall–Kier alpha value is -3.12. The predicted molar refractivity (Wildman–Crippen MR) is 92.0 cm³/mol. The van der Waals surface area contributed by atoms with Crippen molar-refractivity contribution < 1.29 is 9.53 Å².